The molecular weight excluding hydrogens is 296 g/mol. The summed E-state index contributed by atoms with van der Waals surface area (Å²) in [5.41, 5.74) is 1.83. The van der Waals surface area contributed by atoms with Crippen molar-refractivity contribution in [2.24, 2.45) is 0 Å². The van der Waals surface area contributed by atoms with Crippen LogP contribution in [0.3, 0.4) is 0 Å². The van der Waals surface area contributed by atoms with Gasteiger partial charge in [0.1, 0.15) is 11.0 Å². The second-order valence-electron chi connectivity index (χ2n) is 5.30. The first-order valence-corrected chi connectivity index (χ1v) is 7.35. The zero-order valence-electron chi connectivity index (χ0n) is 12.3. The smallest absolute Gasteiger partial charge is 0.254 e. The molecule has 0 radical (unpaired) electrons. The van der Waals surface area contributed by atoms with Crippen LogP contribution in [0.5, 0.6) is 0 Å². The number of carbonyl (C=O) groups excluding carboxylic acids is 1. The molecule has 1 aliphatic rings. The first-order chi connectivity index (χ1) is 11.3. The maximum atomic E-state index is 12.6. The summed E-state index contributed by atoms with van der Waals surface area (Å²) in [6.45, 7) is 2.69. The Bertz CT molecular complexity index is 826. The van der Waals surface area contributed by atoms with Gasteiger partial charge < -0.3 is 9.80 Å². The third kappa shape index (κ3) is 2.59. The van der Waals surface area contributed by atoms with Gasteiger partial charge in [0, 0.05) is 44.1 Å². The summed E-state index contributed by atoms with van der Waals surface area (Å²) in [5, 5.41) is 7.52. The molecule has 1 aliphatic heterocycles. The Labute approximate surface area is 131 Å². The molecule has 0 spiro atoms. The van der Waals surface area contributed by atoms with Crippen molar-refractivity contribution < 1.29 is 9.42 Å². The van der Waals surface area contributed by atoms with Gasteiger partial charge in [-0.2, -0.15) is 0 Å². The van der Waals surface area contributed by atoms with Crippen molar-refractivity contribution in [3.05, 3.63) is 42.2 Å². The number of hydrogen-bond acceptors (Lipinski definition) is 7. The molecule has 2 aromatic heterocycles. The number of fused-ring (bicyclic) bond motifs is 1. The number of hydrogen-bond donors (Lipinski definition) is 0. The van der Waals surface area contributed by atoms with E-state index in [2.05, 4.69) is 29.8 Å². The highest BCUT2D eigenvalue weighted by atomic mass is 16.6. The number of rotatable bonds is 2. The minimum absolute atomic E-state index is 0.0106. The van der Waals surface area contributed by atoms with Crippen LogP contribution >= 0.6 is 0 Å². The van der Waals surface area contributed by atoms with Crippen LogP contribution in [-0.4, -0.2) is 57.3 Å². The summed E-state index contributed by atoms with van der Waals surface area (Å²) in [4.78, 5) is 25.0. The zero-order chi connectivity index (χ0) is 15.6. The molecule has 4 rings (SSSR count). The van der Waals surface area contributed by atoms with Crippen LogP contribution in [0.4, 0.5) is 5.95 Å². The predicted octanol–water partition coefficient (Wildman–Crippen LogP) is 0.975. The SMILES string of the molecule is O=C(c1ccc2nonc2c1)N1CCN(c2ncccn2)CC1. The standard InChI is InChI=1S/C15H14N6O2/c22-14(11-2-3-12-13(10-11)19-23-18-12)20-6-8-21(9-7-20)15-16-4-1-5-17-15/h1-5,10H,6-9H2. The molecular formula is C15H14N6O2. The van der Waals surface area contributed by atoms with E-state index in [9.17, 15) is 4.79 Å². The molecule has 0 aliphatic carbocycles. The highest BCUT2D eigenvalue weighted by Gasteiger charge is 2.23. The van der Waals surface area contributed by atoms with Gasteiger partial charge in [0.2, 0.25) is 5.95 Å². The molecule has 8 nitrogen and oxygen atoms in total. The molecule has 3 heterocycles. The maximum absolute atomic E-state index is 12.6. The monoisotopic (exact) mass is 310 g/mol. The summed E-state index contributed by atoms with van der Waals surface area (Å²) in [5.74, 6) is 0.693. The lowest BCUT2D eigenvalue weighted by molar-refractivity contribution is 0.0746. The van der Waals surface area contributed by atoms with Gasteiger partial charge in [-0.3, -0.25) is 4.79 Å². The van der Waals surface area contributed by atoms with E-state index in [-0.39, 0.29) is 5.91 Å². The van der Waals surface area contributed by atoms with Crippen LogP contribution < -0.4 is 4.90 Å². The van der Waals surface area contributed by atoms with Crippen LogP contribution in [0.2, 0.25) is 0 Å². The highest BCUT2D eigenvalue weighted by molar-refractivity contribution is 5.97. The Kier molecular flexibility index (Phi) is 3.34. The molecule has 3 aromatic rings. The van der Waals surface area contributed by atoms with Crippen LogP contribution in [0, 0.1) is 0 Å². The molecule has 8 heteroatoms. The molecule has 0 saturated carbocycles. The molecule has 0 atom stereocenters. The van der Waals surface area contributed by atoms with E-state index >= 15 is 0 Å². The van der Waals surface area contributed by atoms with E-state index in [1.54, 1.807) is 36.7 Å². The second kappa shape index (κ2) is 5.64. The van der Waals surface area contributed by atoms with Crippen molar-refractivity contribution in [1.82, 2.24) is 25.2 Å². The molecule has 1 saturated heterocycles. The van der Waals surface area contributed by atoms with Crippen LogP contribution in [0.15, 0.2) is 41.3 Å². The number of aromatic nitrogens is 4. The van der Waals surface area contributed by atoms with E-state index in [1.807, 2.05) is 4.90 Å². The summed E-state index contributed by atoms with van der Waals surface area (Å²) < 4.78 is 4.66. The fourth-order valence-electron chi connectivity index (χ4n) is 2.66. The van der Waals surface area contributed by atoms with Crippen molar-refractivity contribution in [2.45, 2.75) is 0 Å². The molecule has 23 heavy (non-hydrogen) atoms. The topological polar surface area (TPSA) is 88.3 Å². The van der Waals surface area contributed by atoms with E-state index in [4.69, 9.17) is 0 Å². The molecule has 0 bridgehead atoms. The van der Waals surface area contributed by atoms with Crippen molar-refractivity contribution in [1.29, 1.82) is 0 Å². The van der Waals surface area contributed by atoms with E-state index < -0.39 is 0 Å². The second-order valence-corrected chi connectivity index (χ2v) is 5.30. The molecule has 0 unspecified atom stereocenters. The maximum Gasteiger partial charge on any atom is 0.254 e. The quantitative estimate of drug-likeness (QED) is 0.697. The van der Waals surface area contributed by atoms with Crippen molar-refractivity contribution in [2.75, 3.05) is 31.1 Å². The third-order valence-corrected chi connectivity index (χ3v) is 3.90. The lowest BCUT2D eigenvalue weighted by Crippen LogP contribution is -2.49. The van der Waals surface area contributed by atoms with Gasteiger partial charge >= 0.3 is 0 Å². The number of carbonyl (C=O) groups is 1. The van der Waals surface area contributed by atoms with Crippen molar-refractivity contribution in [3.63, 3.8) is 0 Å². The summed E-state index contributed by atoms with van der Waals surface area (Å²) >= 11 is 0. The van der Waals surface area contributed by atoms with Crippen LogP contribution in [0.25, 0.3) is 11.0 Å². The van der Waals surface area contributed by atoms with Gasteiger partial charge in [-0.25, -0.2) is 14.6 Å². The number of anilines is 1. The Balaban J connectivity index is 1.46. The Morgan fingerprint density at radius 2 is 1.74 bits per heavy atom. The zero-order valence-corrected chi connectivity index (χ0v) is 12.3. The van der Waals surface area contributed by atoms with Gasteiger partial charge in [0.05, 0.1) is 0 Å². The fourth-order valence-corrected chi connectivity index (χ4v) is 2.66. The summed E-state index contributed by atoms with van der Waals surface area (Å²) in [6.07, 6.45) is 3.45. The molecule has 1 amide bonds. The normalized spacial score (nSPS) is 15.1. The van der Waals surface area contributed by atoms with Gasteiger partial charge in [-0.1, -0.05) is 0 Å². The Morgan fingerprint density at radius 1 is 1.00 bits per heavy atom. The fraction of sp³-hybridized carbons (Fsp3) is 0.267. The number of amides is 1. The van der Waals surface area contributed by atoms with Crippen LogP contribution in [-0.2, 0) is 0 Å². The molecule has 1 aromatic carbocycles. The van der Waals surface area contributed by atoms with Crippen molar-refractivity contribution in [3.8, 4) is 0 Å². The highest BCUT2D eigenvalue weighted by Crippen LogP contribution is 2.16. The minimum Gasteiger partial charge on any atom is -0.337 e. The predicted molar refractivity (Wildman–Crippen MR) is 82.0 cm³/mol. The number of nitrogens with zero attached hydrogens (tertiary/aromatic N) is 6. The first-order valence-electron chi connectivity index (χ1n) is 7.35. The van der Waals surface area contributed by atoms with Crippen molar-refractivity contribution >= 4 is 22.9 Å². The minimum atomic E-state index is -0.0106. The van der Waals surface area contributed by atoms with E-state index in [0.29, 0.717) is 48.7 Å². The lowest BCUT2D eigenvalue weighted by atomic mass is 10.1. The molecule has 1 fully saturated rings. The average Bonchev–Trinajstić information content (AvgIpc) is 3.10. The third-order valence-electron chi connectivity index (χ3n) is 3.90. The van der Waals surface area contributed by atoms with E-state index in [1.165, 1.54) is 0 Å². The summed E-state index contributed by atoms with van der Waals surface area (Å²) in [7, 11) is 0. The summed E-state index contributed by atoms with van der Waals surface area (Å²) in [6, 6.07) is 6.99. The Morgan fingerprint density at radius 3 is 2.52 bits per heavy atom. The van der Waals surface area contributed by atoms with Gasteiger partial charge in [-0.15, -0.1) is 0 Å². The number of piperazine rings is 1. The first kappa shape index (κ1) is 13.6. The van der Waals surface area contributed by atoms with Gasteiger partial charge in [-0.05, 0) is 34.6 Å². The number of benzene rings is 1. The van der Waals surface area contributed by atoms with Crippen LogP contribution in [0.1, 0.15) is 10.4 Å². The van der Waals surface area contributed by atoms with E-state index in [0.717, 1.165) is 0 Å². The largest absolute Gasteiger partial charge is 0.337 e. The average molecular weight is 310 g/mol. The lowest BCUT2D eigenvalue weighted by Gasteiger charge is -2.34. The molecule has 116 valence electrons. The molecule has 0 N–H and O–H groups in total. The van der Waals surface area contributed by atoms with Gasteiger partial charge in [0.25, 0.3) is 5.91 Å². The Hall–Kier alpha value is -3.03. The van der Waals surface area contributed by atoms with Gasteiger partial charge in [0.15, 0.2) is 0 Å².